The van der Waals surface area contributed by atoms with Crippen LogP contribution in [0.2, 0.25) is 0 Å². The van der Waals surface area contributed by atoms with Crippen molar-refractivity contribution in [2.24, 2.45) is 0 Å². The lowest BCUT2D eigenvalue weighted by Gasteiger charge is -1.95. The van der Waals surface area contributed by atoms with Gasteiger partial charge in [0.25, 0.3) is 0 Å². The van der Waals surface area contributed by atoms with Crippen LogP contribution < -0.4 is 0 Å². The van der Waals surface area contributed by atoms with E-state index in [1.807, 2.05) is 40.1 Å². The van der Waals surface area contributed by atoms with E-state index in [9.17, 15) is 0 Å². The Bertz CT molecular complexity index is 170. The third kappa shape index (κ3) is 9.24. The molecule has 0 aliphatic heterocycles. The molecule has 0 radical (unpaired) electrons. The number of pyridine rings is 1. The lowest BCUT2D eigenvalue weighted by atomic mass is 10.1. The first-order valence-electron chi connectivity index (χ1n) is 5.82. The normalized spacial score (nSPS) is 7.79. The van der Waals surface area contributed by atoms with E-state index in [1.54, 1.807) is 0 Å². The minimum absolute atomic E-state index is 1.19. The van der Waals surface area contributed by atoms with Crippen LogP contribution in [0.1, 0.15) is 53.0 Å². The Kier molecular flexibility index (Phi) is 16.4. The monoisotopic (exact) mass is 195 g/mol. The summed E-state index contributed by atoms with van der Waals surface area (Å²) in [5, 5.41) is 0. The number of unbranched alkanes of at least 4 members (excludes halogenated alkanes) is 1. The molecule has 0 N–H and O–H groups in total. The Morgan fingerprint density at radius 3 is 1.93 bits per heavy atom. The molecule has 1 rings (SSSR count). The van der Waals surface area contributed by atoms with Crippen LogP contribution in [-0.4, -0.2) is 4.98 Å². The molecule has 1 heterocycles. The first-order valence-corrected chi connectivity index (χ1v) is 5.82. The summed E-state index contributed by atoms with van der Waals surface area (Å²) in [4.78, 5) is 3.95. The van der Waals surface area contributed by atoms with Crippen LogP contribution in [0.4, 0.5) is 0 Å². The van der Waals surface area contributed by atoms with Crippen LogP contribution in [0, 0.1) is 0 Å². The Hall–Kier alpha value is -0.850. The Balaban J connectivity index is 0. The van der Waals surface area contributed by atoms with Crippen LogP contribution in [0.25, 0.3) is 0 Å². The van der Waals surface area contributed by atoms with Gasteiger partial charge in [0.05, 0.1) is 0 Å². The molecule has 0 amide bonds. The Morgan fingerprint density at radius 1 is 1.00 bits per heavy atom. The molecule has 1 aromatic rings. The molecule has 14 heavy (non-hydrogen) atoms. The van der Waals surface area contributed by atoms with Gasteiger partial charge in [-0.3, -0.25) is 4.98 Å². The lowest BCUT2D eigenvalue weighted by molar-refractivity contribution is 0.794. The minimum atomic E-state index is 1.19. The Morgan fingerprint density at radius 2 is 1.50 bits per heavy atom. The zero-order valence-electron chi connectivity index (χ0n) is 10.4. The molecule has 0 aliphatic rings. The van der Waals surface area contributed by atoms with E-state index in [-0.39, 0.29) is 0 Å². The molecular formula is C13H25N. The summed E-state index contributed by atoms with van der Waals surface area (Å²) in [5.74, 6) is 0. The lowest BCUT2D eigenvalue weighted by Crippen LogP contribution is -1.83. The van der Waals surface area contributed by atoms with Gasteiger partial charge in [-0.1, -0.05) is 41.0 Å². The van der Waals surface area contributed by atoms with E-state index in [1.165, 1.54) is 24.8 Å². The highest BCUT2D eigenvalue weighted by Crippen LogP contribution is 2.01. The fourth-order valence-corrected chi connectivity index (χ4v) is 0.930. The van der Waals surface area contributed by atoms with E-state index >= 15 is 0 Å². The van der Waals surface area contributed by atoms with Gasteiger partial charge in [-0.15, -0.1) is 0 Å². The van der Waals surface area contributed by atoms with Crippen molar-refractivity contribution in [2.75, 3.05) is 0 Å². The summed E-state index contributed by atoms with van der Waals surface area (Å²) in [6.07, 6.45) is 7.45. The highest BCUT2D eigenvalue weighted by molar-refractivity contribution is 5.09. The van der Waals surface area contributed by atoms with Gasteiger partial charge < -0.3 is 0 Å². The molecule has 0 saturated carbocycles. The van der Waals surface area contributed by atoms with Gasteiger partial charge in [0.1, 0.15) is 0 Å². The predicted molar refractivity (Wildman–Crippen MR) is 65.5 cm³/mol. The van der Waals surface area contributed by atoms with Crippen molar-refractivity contribution in [2.45, 2.75) is 53.9 Å². The number of hydrogen-bond acceptors (Lipinski definition) is 1. The largest absolute Gasteiger partial charge is 0.265 e. The summed E-state index contributed by atoms with van der Waals surface area (Å²) in [6.45, 7) is 10.2. The van der Waals surface area contributed by atoms with Crippen LogP contribution in [-0.2, 0) is 6.42 Å². The van der Waals surface area contributed by atoms with E-state index in [0.717, 1.165) is 0 Å². The second-order valence-electron chi connectivity index (χ2n) is 2.46. The van der Waals surface area contributed by atoms with Crippen molar-refractivity contribution in [3.8, 4) is 0 Å². The van der Waals surface area contributed by atoms with Gasteiger partial charge in [-0.25, -0.2) is 0 Å². The van der Waals surface area contributed by atoms with Crippen molar-refractivity contribution in [1.29, 1.82) is 0 Å². The highest BCUT2D eigenvalue weighted by Gasteiger charge is 1.87. The Labute approximate surface area is 89.6 Å². The van der Waals surface area contributed by atoms with Crippen molar-refractivity contribution in [3.05, 3.63) is 30.1 Å². The van der Waals surface area contributed by atoms with E-state index < -0.39 is 0 Å². The molecule has 0 spiro atoms. The van der Waals surface area contributed by atoms with Crippen molar-refractivity contribution in [1.82, 2.24) is 4.98 Å². The zero-order chi connectivity index (χ0) is 11.2. The van der Waals surface area contributed by atoms with Crippen molar-refractivity contribution in [3.63, 3.8) is 0 Å². The van der Waals surface area contributed by atoms with Crippen LogP contribution in [0.3, 0.4) is 0 Å². The second kappa shape index (κ2) is 14.7. The molecule has 0 aromatic carbocycles. The molecule has 0 fully saturated rings. The standard InChI is InChI=1S/C9H13N.2C2H6/c1-2-3-4-9-5-7-10-8-6-9;2*1-2/h5-8H,2-4H2,1H3;2*1-2H3. The van der Waals surface area contributed by atoms with Crippen molar-refractivity contribution >= 4 is 0 Å². The summed E-state index contributed by atoms with van der Waals surface area (Å²) in [7, 11) is 0. The van der Waals surface area contributed by atoms with Gasteiger partial charge in [-0.2, -0.15) is 0 Å². The van der Waals surface area contributed by atoms with Gasteiger partial charge in [0, 0.05) is 12.4 Å². The van der Waals surface area contributed by atoms with Crippen LogP contribution >= 0.6 is 0 Å². The topological polar surface area (TPSA) is 12.9 Å². The SMILES string of the molecule is CC.CC.CCCCc1ccncc1. The molecular weight excluding hydrogens is 170 g/mol. The number of aromatic nitrogens is 1. The van der Waals surface area contributed by atoms with Crippen LogP contribution in [0.5, 0.6) is 0 Å². The quantitative estimate of drug-likeness (QED) is 0.693. The van der Waals surface area contributed by atoms with Gasteiger partial charge in [-0.05, 0) is 30.5 Å². The van der Waals surface area contributed by atoms with Gasteiger partial charge in [0.2, 0.25) is 0 Å². The summed E-state index contributed by atoms with van der Waals surface area (Å²) < 4.78 is 0. The van der Waals surface area contributed by atoms with E-state index in [4.69, 9.17) is 0 Å². The molecule has 82 valence electrons. The molecule has 0 saturated heterocycles. The molecule has 1 nitrogen and oxygen atoms in total. The van der Waals surface area contributed by atoms with Crippen LogP contribution in [0.15, 0.2) is 24.5 Å². The maximum absolute atomic E-state index is 3.95. The fraction of sp³-hybridized carbons (Fsp3) is 0.615. The average Bonchev–Trinajstić information content (AvgIpc) is 2.33. The van der Waals surface area contributed by atoms with Gasteiger partial charge in [0.15, 0.2) is 0 Å². The molecule has 0 atom stereocenters. The maximum Gasteiger partial charge on any atom is 0.0270 e. The first-order chi connectivity index (χ1) is 6.93. The summed E-state index contributed by atoms with van der Waals surface area (Å²) in [6, 6.07) is 4.16. The fourth-order valence-electron chi connectivity index (χ4n) is 0.930. The third-order valence-corrected chi connectivity index (χ3v) is 1.57. The highest BCUT2D eigenvalue weighted by atomic mass is 14.6. The molecule has 1 heteroatoms. The minimum Gasteiger partial charge on any atom is -0.265 e. The first kappa shape index (κ1) is 15.6. The average molecular weight is 195 g/mol. The predicted octanol–water partition coefficient (Wildman–Crippen LogP) is 4.48. The van der Waals surface area contributed by atoms with E-state index in [2.05, 4.69) is 24.0 Å². The number of hydrogen-bond donors (Lipinski definition) is 0. The second-order valence-corrected chi connectivity index (χ2v) is 2.46. The number of rotatable bonds is 3. The molecule has 0 unspecified atom stereocenters. The molecule has 1 aromatic heterocycles. The zero-order valence-corrected chi connectivity index (χ0v) is 10.4. The van der Waals surface area contributed by atoms with E-state index in [0.29, 0.717) is 0 Å². The number of nitrogens with zero attached hydrogens (tertiary/aromatic N) is 1. The molecule has 0 bridgehead atoms. The maximum atomic E-state index is 3.95. The number of aryl methyl sites for hydroxylation is 1. The molecule has 0 aliphatic carbocycles. The summed E-state index contributed by atoms with van der Waals surface area (Å²) >= 11 is 0. The van der Waals surface area contributed by atoms with Crippen molar-refractivity contribution < 1.29 is 0 Å². The third-order valence-electron chi connectivity index (χ3n) is 1.57. The van der Waals surface area contributed by atoms with Gasteiger partial charge >= 0.3 is 0 Å². The summed E-state index contributed by atoms with van der Waals surface area (Å²) in [5.41, 5.74) is 1.40. The smallest absolute Gasteiger partial charge is 0.0270 e.